The Hall–Kier alpha value is -1.82. The average molecular weight is 168 g/mol. The number of hydrogen-bond donors (Lipinski definition) is 3. The van der Waals surface area contributed by atoms with Gasteiger partial charge in [-0.05, 0) is 6.07 Å². The molecule has 6 heteroatoms. The minimum Gasteiger partial charge on any atom is -0.398 e. The molecular formula is C6H8N4O2. The van der Waals surface area contributed by atoms with Crippen LogP contribution in [0.1, 0.15) is 0 Å². The number of nitro benzene ring substituents is 1. The van der Waals surface area contributed by atoms with E-state index in [1.807, 2.05) is 0 Å². The summed E-state index contributed by atoms with van der Waals surface area (Å²) in [5.41, 5.74) is 8.29. The standard InChI is InChI=1S/C6H8N4O2/c7-4-1-5(9-8)3-6(2-4)10(11)12/h1-3,9H,7-8H2. The van der Waals surface area contributed by atoms with Crippen LogP contribution >= 0.6 is 0 Å². The summed E-state index contributed by atoms with van der Waals surface area (Å²) >= 11 is 0. The lowest BCUT2D eigenvalue weighted by Gasteiger charge is -2.00. The molecule has 0 bridgehead atoms. The van der Waals surface area contributed by atoms with Gasteiger partial charge in [-0.25, -0.2) is 0 Å². The van der Waals surface area contributed by atoms with Crippen LogP contribution in [0.4, 0.5) is 17.1 Å². The van der Waals surface area contributed by atoms with Crippen molar-refractivity contribution in [3.05, 3.63) is 28.3 Å². The van der Waals surface area contributed by atoms with E-state index in [9.17, 15) is 10.1 Å². The molecule has 5 N–H and O–H groups in total. The third-order valence-corrected chi connectivity index (χ3v) is 1.32. The van der Waals surface area contributed by atoms with E-state index in [4.69, 9.17) is 11.6 Å². The largest absolute Gasteiger partial charge is 0.398 e. The summed E-state index contributed by atoms with van der Waals surface area (Å²) in [4.78, 5) is 9.77. The van der Waals surface area contributed by atoms with Crippen molar-refractivity contribution in [2.75, 3.05) is 11.2 Å². The smallest absolute Gasteiger partial charge is 0.273 e. The van der Waals surface area contributed by atoms with Crippen molar-refractivity contribution in [3.63, 3.8) is 0 Å². The maximum atomic E-state index is 10.3. The first kappa shape index (κ1) is 8.28. The lowest BCUT2D eigenvalue weighted by atomic mass is 10.2. The molecule has 0 unspecified atom stereocenters. The van der Waals surface area contributed by atoms with Crippen LogP contribution in [0, 0.1) is 10.1 Å². The molecule has 0 aromatic heterocycles. The number of nitrogens with two attached hydrogens (primary N) is 2. The predicted octanol–water partition coefficient (Wildman–Crippen LogP) is 0.463. The third kappa shape index (κ3) is 1.61. The summed E-state index contributed by atoms with van der Waals surface area (Å²) < 4.78 is 0. The van der Waals surface area contributed by atoms with E-state index in [1.54, 1.807) is 0 Å². The first-order valence-corrected chi connectivity index (χ1v) is 3.15. The predicted molar refractivity (Wildman–Crippen MR) is 45.3 cm³/mol. The van der Waals surface area contributed by atoms with Crippen LogP contribution in [-0.4, -0.2) is 4.92 Å². The summed E-state index contributed by atoms with van der Waals surface area (Å²) in [5, 5.41) is 10.3. The van der Waals surface area contributed by atoms with E-state index in [1.165, 1.54) is 18.2 Å². The van der Waals surface area contributed by atoms with E-state index in [-0.39, 0.29) is 5.69 Å². The van der Waals surface area contributed by atoms with Crippen molar-refractivity contribution >= 4 is 17.1 Å². The van der Waals surface area contributed by atoms with Crippen molar-refractivity contribution in [2.24, 2.45) is 5.84 Å². The highest BCUT2D eigenvalue weighted by Gasteiger charge is 2.06. The first-order valence-electron chi connectivity index (χ1n) is 3.15. The summed E-state index contributed by atoms with van der Waals surface area (Å²) in [6.45, 7) is 0. The number of hydrazine groups is 1. The lowest BCUT2D eigenvalue weighted by molar-refractivity contribution is -0.384. The van der Waals surface area contributed by atoms with Crippen molar-refractivity contribution in [2.45, 2.75) is 0 Å². The monoisotopic (exact) mass is 168 g/mol. The molecule has 0 spiro atoms. The topological polar surface area (TPSA) is 107 Å². The second-order valence-corrected chi connectivity index (χ2v) is 2.21. The van der Waals surface area contributed by atoms with Crippen molar-refractivity contribution in [1.82, 2.24) is 0 Å². The van der Waals surface area contributed by atoms with Crippen molar-refractivity contribution < 1.29 is 4.92 Å². The Kier molecular flexibility index (Phi) is 2.11. The fourth-order valence-electron chi connectivity index (χ4n) is 0.823. The number of nitro groups is 1. The Morgan fingerprint density at radius 3 is 2.58 bits per heavy atom. The number of nitrogen functional groups attached to an aromatic ring is 2. The molecule has 1 rings (SSSR count). The molecule has 0 radical (unpaired) electrons. The zero-order valence-corrected chi connectivity index (χ0v) is 6.15. The molecule has 0 saturated carbocycles. The normalized spacial score (nSPS) is 9.42. The van der Waals surface area contributed by atoms with Gasteiger partial charge in [0, 0.05) is 17.8 Å². The fraction of sp³-hybridized carbons (Fsp3) is 0. The molecule has 64 valence electrons. The molecule has 1 aromatic rings. The minimum atomic E-state index is -0.531. The Morgan fingerprint density at radius 2 is 2.08 bits per heavy atom. The number of nitrogens with zero attached hydrogens (tertiary/aromatic N) is 1. The van der Waals surface area contributed by atoms with Crippen LogP contribution in [0.15, 0.2) is 18.2 Å². The van der Waals surface area contributed by atoms with Gasteiger partial charge in [0.1, 0.15) is 0 Å². The van der Waals surface area contributed by atoms with Crippen LogP contribution in [0.25, 0.3) is 0 Å². The van der Waals surface area contributed by atoms with Gasteiger partial charge in [0.25, 0.3) is 5.69 Å². The zero-order valence-electron chi connectivity index (χ0n) is 6.15. The highest BCUT2D eigenvalue weighted by Crippen LogP contribution is 2.21. The molecule has 6 nitrogen and oxygen atoms in total. The molecule has 0 heterocycles. The van der Waals surface area contributed by atoms with Gasteiger partial charge in [-0.2, -0.15) is 0 Å². The third-order valence-electron chi connectivity index (χ3n) is 1.32. The molecule has 0 saturated heterocycles. The number of rotatable bonds is 2. The van der Waals surface area contributed by atoms with Gasteiger partial charge in [0.15, 0.2) is 0 Å². The van der Waals surface area contributed by atoms with E-state index in [2.05, 4.69) is 5.43 Å². The van der Waals surface area contributed by atoms with Crippen LogP contribution in [0.2, 0.25) is 0 Å². The van der Waals surface area contributed by atoms with Crippen LogP contribution in [-0.2, 0) is 0 Å². The highest BCUT2D eigenvalue weighted by atomic mass is 16.6. The zero-order chi connectivity index (χ0) is 9.14. The quantitative estimate of drug-likeness (QED) is 0.257. The van der Waals surface area contributed by atoms with Gasteiger partial charge < -0.3 is 11.2 Å². The van der Waals surface area contributed by atoms with Crippen molar-refractivity contribution in [1.29, 1.82) is 0 Å². The average Bonchev–Trinajstić information content (AvgIpc) is 2.03. The fourth-order valence-corrected chi connectivity index (χ4v) is 0.823. The van der Waals surface area contributed by atoms with Gasteiger partial charge in [0.05, 0.1) is 10.6 Å². The number of benzene rings is 1. The Labute approximate surface area is 68.3 Å². The van der Waals surface area contributed by atoms with E-state index in [0.29, 0.717) is 11.4 Å². The molecule has 0 atom stereocenters. The van der Waals surface area contributed by atoms with E-state index >= 15 is 0 Å². The second kappa shape index (κ2) is 3.05. The number of hydrogen-bond acceptors (Lipinski definition) is 5. The van der Waals surface area contributed by atoms with Crippen LogP contribution in [0.5, 0.6) is 0 Å². The molecule has 0 amide bonds. The summed E-state index contributed by atoms with van der Waals surface area (Å²) in [6.07, 6.45) is 0. The summed E-state index contributed by atoms with van der Waals surface area (Å²) in [7, 11) is 0. The maximum absolute atomic E-state index is 10.3. The molecule has 0 aliphatic carbocycles. The van der Waals surface area contributed by atoms with Gasteiger partial charge in [-0.15, -0.1) is 0 Å². The molecule has 12 heavy (non-hydrogen) atoms. The summed E-state index contributed by atoms with van der Waals surface area (Å²) in [6, 6.07) is 4.07. The lowest BCUT2D eigenvalue weighted by Crippen LogP contribution is -2.07. The molecule has 1 aromatic carbocycles. The minimum absolute atomic E-state index is 0.0806. The van der Waals surface area contributed by atoms with E-state index < -0.39 is 4.92 Å². The molecular weight excluding hydrogens is 160 g/mol. The van der Waals surface area contributed by atoms with Crippen molar-refractivity contribution in [3.8, 4) is 0 Å². The summed E-state index contributed by atoms with van der Waals surface area (Å²) in [5.74, 6) is 5.06. The van der Waals surface area contributed by atoms with Gasteiger partial charge >= 0.3 is 0 Å². The van der Waals surface area contributed by atoms with Gasteiger partial charge in [-0.3, -0.25) is 16.0 Å². The number of anilines is 2. The SMILES string of the molecule is NNc1cc(N)cc([N+](=O)[O-])c1. The Bertz CT molecular complexity index is 312. The van der Waals surface area contributed by atoms with E-state index in [0.717, 1.165) is 0 Å². The second-order valence-electron chi connectivity index (χ2n) is 2.21. The van der Waals surface area contributed by atoms with Crippen LogP contribution in [0.3, 0.4) is 0 Å². The molecule has 0 aliphatic heterocycles. The van der Waals surface area contributed by atoms with Crippen LogP contribution < -0.4 is 17.0 Å². The van der Waals surface area contributed by atoms with Gasteiger partial charge in [0.2, 0.25) is 0 Å². The number of non-ortho nitro benzene ring substituents is 1. The molecule has 0 fully saturated rings. The maximum Gasteiger partial charge on any atom is 0.273 e. The Morgan fingerprint density at radius 1 is 1.42 bits per heavy atom. The first-order chi connectivity index (χ1) is 5.63. The Balaban J connectivity index is 3.15. The van der Waals surface area contributed by atoms with Gasteiger partial charge in [-0.1, -0.05) is 0 Å². The molecule has 0 aliphatic rings. The highest BCUT2D eigenvalue weighted by molar-refractivity contribution is 5.60. The number of nitrogens with one attached hydrogen (secondary N) is 1.